The lowest BCUT2D eigenvalue weighted by Gasteiger charge is -2.32. The summed E-state index contributed by atoms with van der Waals surface area (Å²) in [6.45, 7) is 13.1. The largest absolute Gasteiger partial charge is 0.494 e. The van der Waals surface area contributed by atoms with Crippen LogP contribution in [0.4, 0.5) is 11.6 Å². The van der Waals surface area contributed by atoms with Gasteiger partial charge in [-0.1, -0.05) is 52.5 Å². The van der Waals surface area contributed by atoms with E-state index in [1.165, 1.54) is 12.2 Å². The molecule has 6 N–H and O–H groups in total. The number of nitrogens with zero attached hydrogens (tertiary/aromatic N) is 6. The van der Waals surface area contributed by atoms with Crippen LogP contribution in [0.2, 0.25) is 20.1 Å². The van der Waals surface area contributed by atoms with Crippen LogP contribution in [0.15, 0.2) is 102 Å². The van der Waals surface area contributed by atoms with Crippen LogP contribution in [0.25, 0.3) is 23.3 Å². The molecule has 26 heteroatoms. The number of aromatic nitrogens is 4. The summed E-state index contributed by atoms with van der Waals surface area (Å²) in [5, 5.41) is 7.31. The zero-order chi connectivity index (χ0) is 61.3. The number of nitrogens with one attached hydrogen (secondary N) is 2. The SMILES string of the molecule is CC1(C)OB(c2cc(Cl)c3c(c2)CC(CNC(=O)/C=C/c2ccc(N)nc2)O3)OC1(C)C.Nc1ccc(/C=C/C(=O)NCC2Cc3cc(-c4cnc(C(=O)N5CCOCC5)c(Cl)c4)cc(Cl)c3O2)cn1.O=C(c1ncc(Br)cc1Cl)N1CCOCC1. The van der Waals surface area contributed by atoms with Crippen molar-refractivity contribution in [3.05, 3.63) is 156 Å². The van der Waals surface area contributed by atoms with Crippen molar-refractivity contribution in [2.45, 2.75) is 63.9 Å². The molecule has 0 spiro atoms. The number of anilines is 2. The molecule has 450 valence electrons. The normalized spacial score (nSPS) is 18.2. The van der Waals surface area contributed by atoms with Gasteiger partial charge in [0.15, 0.2) is 0 Å². The average molecular weight is 1320 g/mol. The second kappa shape index (κ2) is 28.3. The van der Waals surface area contributed by atoms with Crippen LogP contribution in [0, 0.1) is 0 Å². The number of fused-ring (bicyclic) bond motifs is 2. The maximum absolute atomic E-state index is 12.8. The van der Waals surface area contributed by atoms with E-state index < -0.39 is 18.3 Å². The zero-order valence-electron chi connectivity index (χ0n) is 47.4. The highest BCUT2D eigenvalue weighted by molar-refractivity contribution is 9.10. The monoisotopic (exact) mass is 1310 g/mol. The van der Waals surface area contributed by atoms with Crippen molar-refractivity contribution in [3.63, 3.8) is 0 Å². The minimum absolute atomic E-state index is 0.138. The maximum atomic E-state index is 12.8. The summed E-state index contributed by atoms with van der Waals surface area (Å²) in [4.78, 5) is 69.0. The predicted molar refractivity (Wildman–Crippen MR) is 335 cm³/mol. The molecule has 6 aromatic rings. The average Bonchev–Trinajstić information content (AvgIpc) is 1.93. The number of morpholine rings is 2. The number of amides is 4. The van der Waals surface area contributed by atoms with Gasteiger partial charge < -0.3 is 60.2 Å². The van der Waals surface area contributed by atoms with Crippen molar-refractivity contribution in [1.29, 1.82) is 0 Å². The predicted octanol–water partition coefficient (Wildman–Crippen LogP) is 8.36. The molecule has 4 amide bonds. The molecule has 2 unspecified atom stereocenters. The maximum Gasteiger partial charge on any atom is 0.494 e. The van der Waals surface area contributed by atoms with Gasteiger partial charge in [-0.2, -0.15) is 0 Å². The third-order valence-electron chi connectivity index (χ3n) is 14.7. The van der Waals surface area contributed by atoms with E-state index in [2.05, 4.69) is 46.5 Å². The summed E-state index contributed by atoms with van der Waals surface area (Å²) in [5.74, 6) is 1.28. The van der Waals surface area contributed by atoms with Crippen LogP contribution in [-0.2, 0) is 41.2 Å². The van der Waals surface area contributed by atoms with E-state index in [1.807, 2.05) is 45.9 Å². The summed E-state index contributed by atoms with van der Waals surface area (Å²) < 4.78 is 35.5. The zero-order valence-corrected chi connectivity index (χ0v) is 52.0. The standard InChI is InChI=1S/C27H25Cl2N5O4.C23H27BClN3O4.C10H10BrClN2O2/c28-21-12-19(14-33-25(21)27(36)34-5-7-37-8-6-34)17-9-18-10-20(38-26(18)22(29)11-17)15-32-24(35)4-2-16-1-3-23(30)31-13-16;1-22(2)23(3,4)32-24(31-22)16-9-15-10-17(30-21(15)18(25)11-16)13-28-20(29)8-6-14-5-7-19(26)27-12-14;11-7-5-8(12)9(13-6-7)10(15)14-1-3-16-4-2-14/h1-4,9,11-14,20H,5-8,10,15H2,(H2,30,31)(H,32,35);5-9,11-12,17H,10,13H2,1-4H3,(H2,26,27)(H,28,29);5-6H,1-4H2/b4-2+;8-6+;. The smallest absolute Gasteiger partial charge is 0.486 e. The number of carbonyl (C=O) groups excluding carboxylic acids is 4. The molecule has 0 aliphatic carbocycles. The van der Waals surface area contributed by atoms with Crippen molar-refractivity contribution < 1.29 is 47.4 Å². The lowest BCUT2D eigenvalue weighted by molar-refractivity contribution is -0.117. The van der Waals surface area contributed by atoms with Gasteiger partial charge in [0.2, 0.25) is 11.8 Å². The molecule has 20 nitrogen and oxygen atoms in total. The summed E-state index contributed by atoms with van der Waals surface area (Å²) in [6.07, 6.45) is 13.4. The van der Waals surface area contributed by atoms with Gasteiger partial charge >= 0.3 is 7.12 Å². The Morgan fingerprint density at radius 2 is 1.06 bits per heavy atom. The van der Waals surface area contributed by atoms with Gasteiger partial charge in [-0.25, -0.2) is 19.9 Å². The molecule has 11 rings (SSSR count). The first-order valence-corrected chi connectivity index (χ1v) is 29.8. The Morgan fingerprint density at radius 1 is 0.605 bits per heavy atom. The van der Waals surface area contributed by atoms with Crippen LogP contribution >= 0.6 is 62.3 Å². The molecule has 9 heterocycles. The van der Waals surface area contributed by atoms with Crippen molar-refractivity contribution in [2.75, 3.05) is 77.2 Å². The highest BCUT2D eigenvalue weighted by Crippen LogP contribution is 2.41. The van der Waals surface area contributed by atoms with E-state index in [0.717, 1.165) is 43.3 Å². The Balaban J connectivity index is 0.000000166. The van der Waals surface area contributed by atoms with Crippen LogP contribution in [-0.4, -0.2) is 150 Å². The number of ether oxygens (including phenoxy) is 4. The fraction of sp³-hybridized carbons (Fsp3) is 0.333. The molecule has 2 atom stereocenters. The molecule has 5 aliphatic heterocycles. The number of rotatable bonds is 12. The Bertz CT molecular complexity index is 3520. The molecule has 3 fully saturated rings. The lowest BCUT2D eigenvalue weighted by atomic mass is 9.78. The van der Waals surface area contributed by atoms with E-state index in [9.17, 15) is 19.2 Å². The molecule has 3 saturated heterocycles. The van der Waals surface area contributed by atoms with Crippen LogP contribution < -0.4 is 37.0 Å². The second-order valence-electron chi connectivity index (χ2n) is 21.5. The highest BCUT2D eigenvalue weighted by atomic mass is 79.9. The van der Waals surface area contributed by atoms with Gasteiger partial charge in [0.25, 0.3) is 11.8 Å². The number of carbonyl (C=O) groups is 4. The molecule has 86 heavy (non-hydrogen) atoms. The Morgan fingerprint density at radius 3 is 1.52 bits per heavy atom. The molecule has 4 aromatic heterocycles. The molecule has 0 radical (unpaired) electrons. The van der Waals surface area contributed by atoms with Crippen LogP contribution in [0.3, 0.4) is 0 Å². The van der Waals surface area contributed by atoms with Gasteiger partial charge in [-0.15, -0.1) is 0 Å². The number of hydrogen-bond donors (Lipinski definition) is 4. The van der Waals surface area contributed by atoms with Crippen molar-refractivity contribution in [3.8, 4) is 22.6 Å². The quantitative estimate of drug-likeness (QED) is 0.0663. The first-order chi connectivity index (χ1) is 41.1. The fourth-order valence-electron chi connectivity index (χ4n) is 9.39. The first-order valence-electron chi connectivity index (χ1n) is 27.5. The molecule has 2 aromatic carbocycles. The molecule has 0 saturated carbocycles. The molecular weight excluding hydrogens is 1250 g/mol. The van der Waals surface area contributed by atoms with Gasteiger partial charge in [0, 0.05) is 91.6 Å². The summed E-state index contributed by atoms with van der Waals surface area (Å²) >= 11 is 28.7. The summed E-state index contributed by atoms with van der Waals surface area (Å²) in [7, 11) is -0.491. The van der Waals surface area contributed by atoms with Gasteiger partial charge in [-0.05, 0) is 138 Å². The highest BCUT2D eigenvalue weighted by Gasteiger charge is 2.52. The Kier molecular flexibility index (Phi) is 21.0. The number of halogens is 5. The summed E-state index contributed by atoms with van der Waals surface area (Å²) in [5.41, 5.74) is 16.7. The molecule has 5 aliphatic rings. The Labute approximate surface area is 526 Å². The molecule has 0 bridgehead atoms. The lowest BCUT2D eigenvalue weighted by Crippen LogP contribution is -2.41. The van der Waals surface area contributed by atoms with E-state index in [4.69, 9.17) is 86.1 Å². The van der Waals surface area contributed by atoms with Crippen LogP contribution in [0.1, 0.15) is 70.9 Å². The number of nitrogens with two attached hydrogens (primary N) is 2. The third-order valence-corrected chi connectivity index (χ3v) is 16.3. The second-order valence-corrected chi connectivity index (χ2v) is 24.0. The van der Waals surface area contributed by atoms with E-state index >= 15 is 0 Å². The minimum atomic E-state index is -0.491. The minimum Gasteiger partial charge on any atom is -0.486 e. The van der Waals surface area contributed by atoms with E-state index in [0.29, 0.717) is 122 Å². The van der Waals surface area contributed by atoms with Gasteiger partial charge in [0.1, 0.15) is 46.7 Å². The number of pyridine rings is 4. The van der Waals surface area contributed by atoms with E-state index in [1.54, 1.807) is 89.2 Å². The van der Waals surface area contributed by atoms with E-state index in [-0.39, 0.29) is 46.6 Å². The first kappa shape index (κ1) is 63.6. The van der Waals surface area contributed by atoms with Gasteiger partial charge in [0.05, 0.1) is 70.8 Å². The topological polar surface area (TPSA) is 258 Å². The number of nitrogen functional groups attached to an aromatic ring is 2. The summed E-state index contributed by atoms with van der Waals surface area (Å²) in [6, 6.07) is 17.9. The Hall–Kier alpha value is -6.86. The fourth-order valence-corrected chi connectivity index (χ4v) is 10.9. The third kappa shape index (κ3) is 16.2. The van der Waals surface area contributed by atoms with Crippen molar-refractivity contribution in [1.82, 2.24) is 40.4 Å². The number of benzene rings is 2. The van der Waals surface area contributed by atoms with Crippen molar-refractivity contribution in [2.24, 2.45) is 0 Å². The number of hydrogen-bond acceptors (Lipinski definition) is 16. The van der Waals surface area contributed by atoms with Crippen molar-refractivity contribution >= 4 is 122 Å². The van der Waals surface area contributed by atoms with Crippen LogP contribution in [0.5, 0.6) is 11.5 Å². The van der Waals surface area contributed by atoms with Gasteiger partial charge in [-0.3, -0.25) is 19.2 Å². The molecular formula is C60H62BBrCl4N10O10.